The zero-order chi connectivity index (χ0) is 17.8. The van der Waals surface area contributed by atoms with Gasteiger partial charge >= 0.3 is 5.97 Å². The summed E-state index contributed by atoms with van der Waals surface area (Å²) in [5.41, 5.74) is 1.75. The maximum absolute atomic E-state index is 12.5. The quantitative estimate of drug-likeness (QED) is 0.809. The Kier molecular flexibility index (Phi) is 4.97. The van der Waals surface area contributed by atoms with Gasteiger partial charge in [0, 0.05) is 17.3 Å². The molecule has 130 valence electrons. The molecule has 2 N–H and O–H groups in total. The molecular weight excluding hydrogens is 320 g/mol. The molecule has 6 heteroatoms. The summed E-state index contributed by atoms with van der Waals surface area (Å²) in [7, 11) is 1.55. The van der Waals surface area contributed by atoms with Gasteiger partial charge in [0.1, 0.15) is 11.8 Å². The van der Waals surface area contributed by atoms with Crippen molar-refractivity contribution in [3.8, 4) is 17.0 Å². The third kappa shape index (κ3) is 4.15. The van der Waals surface area contributed by atoms with Crippen LogP contribution in [0.15, 0.2) is 42.6 Å². The van der Waals surface area contributed by atoms with Crippen molar-refractivity contribution < 1.29 is 19.4 Å². The van der Waals surface area contributed by atoms with E-state index in [0.717, 1.165) is 12.8 Å². The number of carboxylic acid groups (broad SMARTS) is 1. The highest BCUT2D eigenvalue weighted by Gasteiger charge is 2.30. The van der Waals surface area contributed by atoms with Gasteiger partial charge in [-0.15, -0.1) is 0 Å². The second-order valence-electron chi connectivity index (χ2n) is 6.17. The van der Waals surface area contributed by atoms with Gasteiger partial charge in [-0.2, -0.15) is 0 Å². The van der Waals surface area contributed by atoms with Gasteiger partial charge in [-0.25, -0.2) is 4.79 Å². The van der Waals surface area contributed by atoms with E-state index in [1.807, 2.05) is 18.2 Å². The van der Waals surface area contributed by atoms with Crippen LogP contribution in [-0.4, -0.2) is 35.1 Å². The largest absolute Gasteiger partial charge is 0.496 e. The van der Waals surface area contributed by atoms with Crippen molar-refractivity contribution in [3.05, 3.63) is 48.2 Å². The van der Waals surface area contributed by atoms with Crippen LogP contribution < -0.4 is 10.1 Å². The maximum Gasteiger partial charge on any atom is 0.326 e. The van der Waals surface area contributed by atoms with Crippen molar-refractivity contribution in [3.63, 3.8) is 0 Å². The van der Waals surface area contributed by atoms with Crippen LogP contribution in [0.2, 0.25) is 0 Å². The van der Waals surface area contributed by atoms with E-state index in [4.69, 9.17) is 4.74 Å². The number of methoxy groups -OCH3 is 1. The standard InChI is InChI=1S/C19H20N2O4/c1-25-17-8-7-13(11-14(17)15-4-2-3-9-20-15)18(22)21-16(19(23)24)10-12-5-6-12/h2-4,7-9,11-12,16H,5-6,10H2,1H3,(H,21,22)(H,23,24). The van der Waals surface area contributed by atoms with Crippen LogP contribution in [-0.2, 0) is 4.79 Å². The van der Waals surface area contributed by atoms with Gasteiger partial charge in [0.15, 0.2) is 0 Å². The number of pyridine rings is 1. The fourth-order valence-corrected chi connectivity index (χ4v) is 2.72. The number of carbonyl (C=O) groups excluding carboxylic acids is 1. The summed E-state index contributed by atoms with van der Waals surface area (Å²) in [6.07, 6.45) is 4.21. The molecule has 6 nitrogen and oxygen atoms in total. The molecule has 1 aliphatic rings. The molecule has 1 aromatic heterocycles. The molecule has 25 heavy (non-hydrogen) atoms. The van der Waals surface area contributed by atoms with E-state index < -0.39 is 17.9 Å². The van der Waals surface area contributed by atoms with Crippen LogP contribution in [0.25, 0.3) is 11.3 Å². The highest BCUT2D eigenvalue weighted by Crippen LogP contribution is 2.34. The molecule has 0 saturated heterocycles. The van der Waals surface area contributed by atoms with Crippen molar-refractivity contribution in [2.45, 2.75) is 25.3 Å². The van der Waals surface area contributed by atoms with Gasteiger partial charge in [-0.1, -0.05) is 18.9 Å². The lowest BCUT2D eigenvalue weighted by atomic mass is 10.0. The summed E-state index contributed by atoms with van der Waals surface area (Å²) in [4.78, 5) is 28.2. The Bertz CT molecular complexity index is 772. The van der Waals surface area contributed by atoms with Crippen molar-refractivity contribution in [2.24, 2.45) is 5.92 Å². The van der Waals surface area contributed by atoms with Gasteiger partial charge in [0.25, 0.3) is 5.91 Å². The number of carbonyl (C=O) groups is 2. The smallest absolute Gasteiger partial charge is 0.326 e. The topological polar surface area (TPSA) is 88.5 Å². The molecule has 1 aromatic carbocycles. The number of hydrogen-bond donors (Lipinski definition) is 2. The lowest BCUT2D eigenvalue weighted by Crippen LogP contribution is -2.41. The monoisotopic (exact) mass is 340 g/mol. The minimum Gasteiger partial charge on any atom is -0.496 e. The first-order valence-electron chi connectivity index (χ1n) is 8.21. The summed E-state index contributed by atoms with van der Waals surface area (Å²) in [5, 5.41) is 11.9. The Labute approximate surface area is 145 Å². The molecule has 1 unspecified atom stereocenters. The van der Waals surface area contributed by atoms with E-state index in [0.29, 0.717) is 34.9 Å². The number of nitrogens with zero attached hydrogens (tertiary/aromatic N) is 1. The lowest BCUT2D eigenvalue weighted by molar-refractivity contribution is -0.139. The molecule has 0 spiro atoms. The Morgan fingerprint density at radius 3 is 2.72 bits per heavy atom. The first-order chi connectivity index (χ1) is 12.1. The number of ether oxygens (including phenoxy) is 1. The summed E-state index contributed by atoms with van der Waals surface area (Å²) in [6, 6.07) is 9.61. The minimum absolute atomic E-state index is 0.378. The Balaban J connectivity index is 1.83. The Morgan fingerprint density at radius 2 is 2.12 bits per heavy atom. The predicted octanol–water partition coefficient (Wildman–Crippen LogP) is 2.74. The first-order valence-corrected chi connectivity index (χ1v) is 8.21. The fraction of sp³-hybridized carbons (Fsp3) is 0.316. The highest BCUT2D eigenvalue weighted by atomic mass is 16.5. The second-order valence-corrected chi connectivity index (χ2v) is 6.17. The van der Waals surface area contributed by atoms with Crippen LogP contribution in [0.5, 0.6) is 5.75 Å². The van der Waals surface area contributed by atoms with E-state index in [1.165, 1.54) is 0 Å². The number of aliphatic carboxylic acids is 1. The number of aromatic nitrogens is 1. The third-order valence-electron chi connectivity index (χ3n) is 4.27. The average Bonchev–Trinajstić information content (AvgIpc) is 3.45. The van der Waals surface area contributed by atoms with Gasteiger partial charge in [-0.05, 0) is 42.7 Å². The predicted molar refractivity (Wildman–Crippen MR) is 92.5 cm³/mol. The number of benzene rings is 1. The number of rotatable bonds is 7. The summed E-state index contributed by atoms with van der Waals surface area (Å²) >= 11 is 0. The van der Waals surface area contributed by atoms with Crippen LogP contribution in [0, 0.1) is 5.92 Å². The maximum atomic E-state index is 12.5. The van der Waals surface area contributed by atoms with Crippen molar-refractivity contribution in [1.29, 1.82) is 0 Å². The molecular formula is C19H20N2O4. The second kappa shape index (κ2) is 7.34. The van der Waals surface area contributed by atoms with Crippen molar-refractivity contribution in [2.75, 3.05) is 7.11 Å². The van der Waals surface area contributed by atoms with Crippen LogP contribution in [0.1, 0.15) is 29.6 Å². The summed E-state index contributed by atoms with van der Waals surface area (Å²) in [6.45, 7) is 0. The van der Waals surface area contributed by atoms with Crippen LogP contribution >= 0.6 is 0 Å². The van der Waals surface area contributed by atoms with Gasteiger partial charge in [0.05, 0.1) is 12.8 Å². The Hall–Kier alpha value is -2.89. The fourth-order valence-electron chi connectivity index (χ4n) is 2.72. The van der Waals surface area contributed by atoms with Gasteiger partial charge in [-0.3, -0.25) is 9.78 Å². The van der Waals surface area contributed by atoms with E-state index in [2.05, 4.69) is 10.3 Å². The molecule has 1 amide bonds. The average molecular weight is 340 g/mol. The molecule has 1 aliphatic carbocycles. The van der Waals surface area contributed by atoms with Crippen LogP contribution in [0.4, 0.5) is 0 Å². The third-order valence-corrected chi connectivity index (χ3v) is 4.27. The molecule has 1 heterocycles. The molecule has 2 aromatic rings. The molecule has 0 aliphatic heterocycles. The molecule has 1 saturated carbocycles. The molecule has 0 radical (unpaired) electrons. The summed E-state index contributed by atoms with van der Waals surface area (Å²) < 4.78 is 5.35. The van der Waals surface area contributed by atoms with Crippen LogP contribution in [0.3, 0.4) is 0 Å². The molecule has 1 fully saturated rings. The van der Waals surface area contributed by atoms with E-state index in [9.17, 15) is 14.7 Å². The molecule has 1 atom stereocenters. The van der Waals surface area contributed by atoms with E-state index >= 15 is 0 Å². The number of hydrogen-bond acceptors (Lipinski definition) is 4. The molecule has 3 rings (SSSR count). The zero-order valence-corrected chi connectivity index (χ0v) is 13.9. The number of amides is 1. The van der Waals surface area contributed by atoms with E-state index in [-0.39, 0.29) is 0 Å². The number of nitrogens with one attached hydrogen (secondary N) is 1. The zero-order valence-electron chi connectivity index (χ0n) is 13.9. The van der Waals surface area contributed by atoms with Gasteiger partial charge in [0.2, 0.25) is 0 Å². The van der Waals surface area contributed by atoms with Crippen molar-refractivity contribution >= 4 is 11.9 Å². The van der Waals surface area contributed by atoms with Gasteiger partial charge < -0.3 is 15.2 Å². The summed E-state index contributed by atoms with van der Waals surface area (Å²) in [5.74, 6) is -0.407. The minimum atomic E-state index is -1.00. The highest BCUT2D eigenvalue weighted by molar-refractivity contribution is 5.98. The normalized spacial score (nSPS) is 14.6. The number of carboxylic acids is 1. The SMILES string of the molecule is COc1ccc(C(=O)NC(CC2CC2)C(=O)O)cc1-c1ccccn1. The first kappa shape index (κ1) is 17.0. The van der Waals surface area contributed by atoms with Crippen molar-refractivity contribution in [1.82, 2.24) is 10.3 Å². The lowest BCUT2D eigenvalue weighted by Gasteiger charge is -2.15. The Morgan fingerprint density at radius 1 is 1.32 bits per heavy atom. The van der Waals surface area contributed by atoms with E-state index in [1.54, 1.807) is 31.5 Å². The molecule has 0 bridgehead atoms.